The number of guanidine groups is 1. The maximum Gasteiger partial charge on any atom is 0.416 e. The molecule has 0 amide bonds. The topological polar surface area (TPSA) is 45.5 Å². The smallest absolute Gasteiger partial charge is 0.357 e. The van der Waals surface area contributed by atoms with Gasteiger partial charge < -0.3 is 10.2 Å². The number of aliphatic imine (C=N–C) groups is 1. The Balaban J connectivity index is 0.00000420. The van der Waals surface area contributed by atoms with Gasteiger partial charge in [0.05, 0.1) is 11.8 Å². The van der Waals surface area contributed by atoms with E-state index in [0.29, 0.717) is 25.1 Å². The predicted molar refractivity (Wildman–Crippen MR) is 121 cm³/mol. The van der Waals surface area contributed by atoms with E-state index >= 15 is 0 Å². The molecule has 1 atom stereocenters. The lowest BCUT2D eigenvalue weighted by atomic mass is 9.96. The molecule has 162 valence electrons. The molecule has 0 bridgehead atoms. The molecule has 0 aliphatic carbocycles. The second kappa shape index (κ2) is 11.4. The van der Waals surface area contributed by atoms with E-state index in [9.17, 15) is 13.2 Å². The lowest BCUT2D eigenvalue weighted by Crippen LogP contribution is -2.38. The molecule has 0 spiro atoms. The van der Waals surface area contributed by atoms with Crippen molar-refractivity contribution in [2.24, 2.45) is 12.0 Å². The molecule has 0 fully saturated rings. The van der Waals surface area contributed by atoms with Gasteiger partial charge in [0.15, 0.2) is 5.96 Å². The van der Waals surface area contributed by atoms with Gasteiger partial charge in [-0.1, -0.05) is 25.1 Å². The highest BCUT2D eigenvalue weighted by Gasteiger charge is 2.30. The highest BCUT2D eigenvalue weighted by molar-refractivity contribution is 14.0. The van der Waals surface area contributed by atoms with Gasteiger partial charge in [-0.2, -0.15) is 18.3 Å². The van der Waals surface area contributed by atoms with Crippen LogP contribution in [0.3, 0.4) is 0 Å². The maximum atomic E-state index is 12.9. The highest BCUT2D eigenvalue weighted by atomic mass is 127. The van der Waals surface area contributed by atoms with Gasteiger partial charge in [-0.15, -0.1) is 24.0 Å². The van der Waals surface area contributed by atoms with Gasteiger partial charge in [-0.3, -0.25) is 9.67 Å². The lowest BCUT2D eigenvalue weighted by Gasteiger charge is -2.22. The zero-order chi connectivity index (χ0) is 20.7. The summed E-state index contributed by atoms with van der Waals surface area (Å²) >= 11 is 0. The second-order valence-corrected chi connectivity index (χ2v) is 6.93. The first-order valence-electron chi connectivity index (χ1n) is 9.34. The fourth-order valence-corrected chi connectivity index (χ4v) is 2.92. The van der Waals surface area contributed by atoms with Crippen molar-refractivity contribution >= 4 is 29.9 Å². The summed E-state index contributed by atoms with van der Waals surface area (Å²) in [5.41, 5.74) is 1.15. The average Bonchev–Trinajstić information content (AvgIpc) is 3.05. The molecule has 0 saturated carbocycles. The summed E-state index contributed by atoms with van der Waals surface area (Å²) in [6.07, 6.45) is 0.115. The van der Waals surface area contributed by atoms with Crippen LogP contribution in [0.5, 0.6) is 0 Å². The monoisotopic (exact) mass is 523 g/mol. The summed E-state index contributed by atoms with van der Waals surface area (Å²) in [6.45, 7) is 5.86. The lowest BCUT2D eigenvalue weighted by molar-refractivity contribution is -0.137. The van der Waals surface area contributed by atoms with Gasteiger partial charge in [0, 0.05) is 45.5 Å². The number of rotatable bonds is 7. The summed E-state index contributed by atoms with van der Waals surface area (Å²) in [5.74, 6) is 0.750. The van der Waals surface area contributed by atoms with Crippen LogP contribution >= 0.6 is 24.0 Å². The van der Waals surface area contributed by atoms with E-state index in [4.69, 9.17) is 0 Å². The van der Waals surface area contributed by atoms with Crippen LogP contribution in [0.4, 0.5) is 13.2 Å². The van der Waals surface area contributed by atoms with Crippen LogP contribution in [0, 0.1) is 0 Å². The van der Waals surface area contributed by atoms with Gasteiger partial charge >= 0.3 is 6.18 Å². The maximum absolute atomic E-state index is 12.9. The first-order chi connectivity index (χ1) is 13.2. The van der Waals surface area contributed by atoms with Crippen LogP contribution < -0.4 is 5.32 Å². The van der Waals surface area contributed by atoms with Crippen molar-refractivity contribution in [3.05, 3.63) is 53.3 Å². The van der Waals surface area contributed by atoms with Gasteiger partial charge in [-0.05, 0) is 30.9 Å². The molecule has 0 aliphatic heterocycles. The van der Waals surface area contributed by atoms with E-state index < -0.39 is 11.7 Å². The number of benzene rings is 1. The Hall–Kier alpha value is -1.78. The standard InChI is InChI=1S/C20H28F3N5.HI/c1-5-24-19(27(3)13-16-12-26-28(4)14-16)25-10-9-15(2)17-7-6-8-18(11-17)20(21,22)23;/h6-8,11-12,14-15H,5,9-10,13H2,1-4H3,(H,24,25);1H. The normalized spacial score (nSPS) is 13.0. The Bertz CT molecular complexity index is 788. The minimum Gasteiger partial charge on any atom is -0.357 e. The van der Waals surface area contributed by atoms with E-state index in [1.165, 1.54) is 12.1 Å². The molecule has 0 saturated heterocycles. The van der Waals surface area contributed by atoms with E-state index in [1.807, 2.05) is 45.2 Å². The van der Waals surface area contributed by atoms with E-state index in [2.05, 4.69) is 15.4 Å². The number of nitrogens with zero attached hydrogens (tertiary/aromatic N) is 4. The largest absolute Gasteiger partial charge is 0.416 e. The van der Waals surface area contributed by atoms with Gasteiger partial charge in [0.1, 0.15) is 0 Å². The first kappa shape index (κ1) is 25.3. The minimum absolute atomic E-state index is 0. The summed E-state index contributed by atoms with van der Waals surface area (Å²) in [4.78, 5) is 6.64. The Morgan fingerprint density at radius 1 is 1.34 bits per heavy atom. The van der Waals surface area contributed by atoms with Crippen molar-refractivity contribution in [3.63, 3.8) is 0 Å². The molecule has 2 aromatic rings. The van der Waals surface area contributed by atoms with E-state index in [0.717, 1.165) is 24.1 Å². The molecular formula is C20H29F3IN5. The number of hydrogen-bond acceptors (Lipinski definition) is 2. The molecule has 1 aromatic carbocycles. The van der Waals surface area contributed by atoms with Crippen LogP contribution in [0.2, 0.25) is 0 Å². The molecule has 0 aliphatic rings. The van der Waals surface area contributed by atoms with Crippen LogP contribution in [0.25, 0.3) is 0 Å². The quantitative estimate of drug-likeness (QED) is 0.327. The molecule has 2 rings (SSSR count). The summed E-state index contributed by atoms with van der Waals surface area (Å²) < 4.78 is 40.5. The van der Waals surface area contributed by atoms with Gasteiger partial charge in [0.25, 0.3) is 0 Å². The molecule has 1 N–H and O–H groups in total. The predicted octanol–water partition coefficient (Wildman–Crippen LogP) is 4.65. The van der Waals surface area contributed by atoms with Crippen LogP contribution in [0.15, 0.2) is 41.7 Å². The van der Waals surface area contributed by atoms with Crippen LogP contribution in [0.1, 0.15) is 42.9 Å². The van der Waals surface area contributed by atoms with Crippen molar-refractivity contribution in [2.45, 2.75) is 38.9 Å². The minimum atomic E-state index is -4.32. The number of aryl methyl sites for hydroxylation is 1. The fraction of sp³-hybridized carbons (Fsp3) is 0.500. The number of hydrogen-bond donors (Lipinski definition) is 1. The molecule has 5 nitrogen and oxygen atoms in total. The highest BCUT2D eigenvalue weighted by Crippen LogP contribution is 2.31. The Morgan fingerprint density at radius 2 is 2.07 bits per heavy atom. The van der Waals surface area contributed by atoms with Crippen molar-refractivity contribution in [2.75, 3.05) is 20.1 Å². The second-order valence-electron chi connectivity index (χ2n) is 6.93. The van der Waals surface area contributed by atoms with Gasteiger partial charge in [-0.25, -0.2) is 0 Å². The Kier molecular flexibility index (Phi) is 9.94. The van der Waals surface area contributed by atoms with Crippen molar-refractivity contribution in [1.29, 1.82) is 0 Å². The summed E-state index contributed by atoms with van der Waals surface area (Å²) in [7, 11) is 3.82. The SMILES string of the molecule is CCNC(=NCCC(C)c1cccc(C(F)(F)F)c1)N(C)Cc1cnn(C)c1.I. The van der Waals surface area contributed by atoms with E-state index in [1.54, 1.807) is 10.7 Å². The zero-order valence-corrected chi connectivity index (χ0v) is 19.5. The van der Waals surface area contributed by atoms with Gasteiger partial charge in [0.2, 0.25) is 0 Å². The molecular weight excluding hydrogens is 494 g/mol. The molecule has 0 radical (unpaired) electrons. The van der Waals surface area contributed by atoms with Crippen molar-refractivity contribution in [3.8, 4) is 0 Å². The number of aromatic nitrogens is 2. The fourth-order valence-electron chi connectivity index (χ4n) is 2.92. The van der Waals surface area contributed by atoms with Crippen LogP contribution in [-0.2, 0) is 19.8 Å². The van der Waals surface area contributed by atoms with Crippen molar-refractivity contribution in [1.82, 2.24) is 20.0 Å². The molecule has 1 heterocycles. The Labute approximate surface area is 187 Å². The third kappa shape index (κ3) is 7.87. The molecule has 29 heavy (non-hydrogen) atoms. The number of halogens is 4. The van der Waals surface area contributed by atoms with E-state index in [-0.39, 0.29) is 29.9 Å². The average molecular weight is 523 g/mol. The third-order valence-electron chi connectivity index (χ3n) is 4.48. The Morgan fingerprint density at radius 3 is 2.66 bits per heavy atom. The summed E-state index contributed by atoms with van der Waals surface area (Å²) in [6, 6.07) is 5.53. The van der Waals surface area contributed by atoms with Crippen LogP contribution in [-0.4, -0.2) is 40.8 Å². The number of nitrogens with one attached hydrogen (secondary N) is 1. The summed E-state index contributed by atoms with van der Waals surface area (Å²) in [5, 5.41) is 7.42. The first-order valence-corrected chi connectivity index (χ1v) is 9.34. The zero-order valence-electron chi connectivity index (χ0n) is 17.2. The third-order valence-corrected chi connectivity index (χ3v) is 4.48. The number of alkyl halides is 3. The molecule has 1 unspecified atom stereocenters. The molecule has 1 aromatic heterocycles. The van der Waals surface area contributed by atoms with Crippen molar-refractivity contribution < 1.29 is 13.2 Å². The molecule has 9 heteroatoms.